The van der Waals surface area contributed by atoms with Gasteiger partial charge in [-0.3, -0.25) is 9.59 Å². The lowest BCUT2D eigenvalue weighted by Crippen LogP contribution is -2.61. The number of carbonyl (C=O) groups excluding carboxylic acids is 2. The van der Waals surface area contributed by atoms with Gasteiger partial charge in [-0.15, -0.1) is 0 Å². The van der Waals surface area contributed by atoms with Crippen LogP contribution in [0.4, 0.5) is 0 Å². The lowest BCUT2D eigenvalue weighted by atomic mass is 10.00. The molecule has 2 fully saturated rings. The van der Waals surface area contributed by atoms with E-state index in [9.17, 15) is 40.2 Å². The Morgan fingerprint density at radius 3 is 1.28 bits per heavy atom. The van der Waals surface area contributed by atoms with Gasteiger partial charge in [0.15, 0.2) is 0 Å². The van der Waals surface area contributed by atoms with Crippen molar-refractivity contribution in [1.29, 1.82) is 0 Å². The molecule has 0 bridgehead atoms. The Balaban J connectivity index is 1.65. The van der Waals surface area contributed by atoms with E-state index >= 15 is 0 Å². The summed E-state index contributed by atoms with van der Waals surface area (Å²) in [5, 5.41) is 63.7. The molecule has 0 amide bonds. The van der Waals surface area contributed by atoms with Crippen molar-refractivity contribution in [1.82, 2.24) is 0 Å². The summed E-state index contributed by atoms with van der Waals surface area (Å²) >= 11 is 0.735. The monoisotopic (exact) mass is 847 g/mol. The van der Waals surface area contributed by atoms with Crippen LogP contribution in [0, 0.1) is 5.92 Å². The van der Waals surface area contributed by atoms with Crippen LogP contribution in [0.25, 0.3) is 0 Å². The molecule has 13 heteroatoms. The van der Waals surface area contributed by atoms with E-state index < -0.39 is 71.6 Å². The van der Waals surface area contributed by atoms with Gasteiger partial charge in [0.05, 0.1) is 0 Å². The van der Waals surface area contributed by atoms with Crippen LogP contribution >= 0.6 is 11.8 Å². The zero-order chi connectivity index (χ0) is 42.5. The van der Waals surface area contributed by atoms with Crippen molar-refractivity contribution in [2.45, 2.75) is 241 Å². The molecular weight excluding hydrogens is 765 g/mol. The normalized spacial score (nSPS) is 27.7. The van der Waals surface area contributed by atoms with E-state index in [1.807, 2.05) is 0 Å². The van der Waals surface area contributed by atoms with E-state index in [-0.39, 0.29) is 26.1 Å². The summed E-state index contributed by atoms with van der Waals surface area (Å²) in [5.74, 6) is -0.149. The number of ether oxygens (including phenoxy) is 4. The molecular formula is C45H82O12S. The Labute approximate surface area is 354 Å². The zero-order valence-corrected chi connectivity index (χ0v) is 37.0. The molecule has 0 aromatic carbocycles. The van der Waals surface area contributed by atoms with Crippen molar-refractivity contribution >= 4 is 23.7 Å². The highest BCUT2D eigenvalue weighted by atomic mass is 32.2. The van der Waals surface area contributed by atoms with E-state index in [4.69, 9.17) is 18.9 Å². The average Bonchev–Trinajstić information content (AvgIpc) is 3.20. The molecule has 2 rings (SSSR count). The van der Waals surface area contributed by atoms with E-state index in [0.717, 1.165) is 75.5 Å². The molecule has 0 aliphatic carbocycles. The quantitative estimate of drug-likeness (QED) is 0.0218. The molecule has 2 aliphatic rings. The van der Waals surface area contributed by atoms with Gasteiger partial charge in [0, 0.05) is 12.8 Å². The minimum atomic E-state index is -1.66. The maximum Gasteiger partial charge on any atom is 0.305 e. The summed E-state index contributed by atoms with van der Waals surface area (Å²) in [4.78, 5) is 24.9. The molecule has 2 heterocycles. The van der Waals surface area contributed by atoms with Crippen LogP contribution in [-0.2, 0) is 28.5 Å². The second-order valence-corrected chi connectivity index (χ2v) is 18.2. The fourth-order valence-corrected chi connectivity index (χ4v) is 8.68. The number of esters is 2. The number of aliphatic hydroxyl groups excluding tert-OH is 6. The van der Waals surface area contributed by atoms with Crippen molar-refractivity contribution in [3.8, 4) is 0 Å². The molecule has 0 radical (unpaired) electrons. The van der Waals surface area contributed by atoms with Crippen molar-refractivity contribution in [2.75, 3.05) is 13.2 Å². The number of unbranched alkanes of at least 4 members (excludes halogenated alkanes) is 19. The second-order valence-electron chi connectivity index (χ2n) is 17.0. The molecule has 0 saturated carbocycles. The molecule has 58 heavy (non-hydrogen) atoms. The molecule has 340 valence electrons. The largest absolute Gasteiger partial charge is 0.463 e. The fourth-order valence-electron chi connectivity index (χ4n) is 7.36. The van der Waals surface area contributed by atoms with E-state index in [1.165, 1.54) is 77.0 Å². The highest BCUT2D eigenvalue weighted by molar-refractivity contribution is 8.00. The van der Waals surface area contributed by atoms with Crippen LogP contribution in [0.3, 0.4) is 0 Å². The third kappa shape index (κ3) is 22.5. The maximum absolute atomic E-state index is 12.5. The Morgan fingerprint density at radius 1 is 0.517 bits per heavy atom. The molecule has 10 atom stereocenters. The summed E-state index contributed by atoms with van der Waals surface area (Å²) in [5.41, 5.74) is -2.52. The summed E-state index contributed by atoms with van der Waals surface area (Å²) in [6, 6.07) is 0. The highest BCUT2D eigenvalue weighted by Gasteiger charge is 2.50. The van der Waals surface area contributed by atoms with E-state index in [1.54, 1.807) is 0 Å². The first-order chi connectivity index (χ1) is 28.0. The van der Waals surface area contributed by atoms with Gasteiger partial charge in [-0.1, -0.05) is 154 Å². The molecule has 0 aromatic heterocycles. The average molecular weight is 847 g/mol. The van der Waals surface area contributed by atoms with Crippen LogP contribution in [-0.4, -0.2) is 115 Å². The minimum Gasteiger partial charge on any atom is -0.463 e. The van der Waals surface area contributed by atoms with Crippen LogP contribution in [0.5, 0.6) is 0 Å². The summed E-state index contributed by atoms with van der Waals surface area (Å²) in [6.45, 7) is 6.03. The zero-order valence-electron chi connectivity index (χ0n) is 36.1. The van der Waals surface area contributed by atoms with E-state index in [0.29, 0.717) is 12.8 Å². The molecule has 0 unspecified atom stereocenters. The lowest BCUT2D eigenvalue weighted by Gasteiger charge is -2.44. The third-order valence-electron chi connectivity index (χ3n) is 11.2. The number of thioether (sulfide) groups is 1. The van der Waals surface area contributed by atoms with Gasteiger partial charge in [0.25, 0.3) is 0 Å². The molecule has 6 N–H and O–H groups in total. The van der Waals surface area contributed by atoms with E-state index in [2.05, 4.69) is 32.9 Å². The number of rotatable bonds is 33. The Bertz CT molecular complexity index is 1080. The standard InChI is InChI=1S/C45H82O12S/c1-4-5-6-7-8-9-10-11-12-13-14-17-20-23-26-29-36(46)54-31-34-38(48)40(50)42(52)44(56-34)58-45-43(53)41(51)39(49)35(57-45)32-55-37(47)30-27-24-21-18-15-16-19-22-25-28-33(2)3/h11-12,33-35,38-45,48-53H,4-10,13-32H2,1-3H3/b12-11-/t34-,35-,38-,39-,40+,41+,42-,43-,44-,45-/m1/s1. The number of carbonyl (C=O) groups is 2. The summed E-state index contributed by atoms with van der Waals surface area (Å²) in [6.07, 6.45) is 19.3. The van der Waals surface area contributed by atoms with Crippen LogP contribution in [0.2, 0.25) is 0 Å². The summed E-state index contributed by atoms with van der Waals surface area (Å²) in [7, 11) is 0. The maximum atomic E-state index is 12.5. The first-order valence-electron chi connectivity index (χ1n) is 23.0. The van der Waals surface area contributed by atoms with Gasteiger partial charge in [0.1, 0.15) is 72.9 Å². The van der Waals surface area contributed by atoms with Crippen molar-refractivity contribution < 1.29 is 59.2 Å². The second kappa shape index (κ2) is 32.4. The predicted molar refractivity (Wildman–Crippen MR) is 228 cm³/mol. The van der Waals surface area contributed by atoms with Gasteiger partial charge < -0.3 is 49.6 Å². The number of allylic oxidation sites excluding steroid dienone is 2. The smallest absolute Gasteiger partial charge is 0.305 e. The van der Waals surface area contributed by atoms with Crippen LogP contribution in [0.1, 0.15) is 181 Å². The minimum absolute atomic E-state index is 0.206. The van der Waals surface area contributed by atoms with Gasteiger partial charge >= 0.3 is 11.9 Å². The van der Waals surface area contributed by atoms with Crippen LogP contribution in [0.15, 0.2) is 12.2 Å². The predicted octanol–water partition coefficient (Wildman–Crippen LogP) is 7.41. The Hall–Kier alpha value is -1.29. The SMILES string of the molecule is CCCCCCCC/C=C\CCCCCCCC(=O)OC[C@H]1O[C@H](S[C@H]2O[C@H](COC(=O)CCCCCCCCCCCC(C)C)[C@@H](O)[C@H](O)[C@H]2O)[C@H](O)[C@@H](O)[C@@H]1O. The first-order valence-corrected chi connectivity index (χ1v) is 23.9. The molecule has 0 aromatic rings. The Kier molecular flexibility index (Phi) is 29.5. The van der Waals surface area contributed by atoms with Crippen molar-refractivity contribution in [2.24, 2.45) is 5.92 Å². The van der Waals surface area contributed by atoms with Gasteiger partial charge in [0.2, 0.25) is 0 Å². The third-order valence-corrected chi connectivity index (χ3v) is 12.5. The topological polar surface area (TPSA) is 192 Å². The molecule has 2 saturated heterocycles. The first kappa shape index (κ1) is 52.8. The van der Waals surface area contributed by atoms with Gasteiger partial charge in [-0.25, -0.2) is 0 Å². The highest BCUT2D eigenvalue weighted by Crippen LogP contribution is 2.37. The number of aliphatic hydroxyl groups is 6. The number of hydrogen-bond acceptors (Lipinski definition) is 13. The number of hydrogen-bond donors (Lipinski definition) is 6. The fraction of sp³-hybridized carbons (Fsp3) is 0.911. The van der Waals surface area contributed by atoms with Crippen molar-refractivity contribution in [3.63, 3.8) is 0 Å². The molecule has 2 aliphatic heterocycles. The van der Waals surface area contributed by atoms with Crippen LogP contribution < -0.4 is 0 Å². The van der Waals surface area contributed by atoms with Gasteiger partial charge in [-0.05, 0) is 44.4 Å². The molecule has 12 nitrogen and oxygen atoms in total. The van der Waals surface area contributed by atoms with Crippen molar-refractivity contribution in [3.05, 3.63) is 12.2 Å². The lowest BCUT2D eigenvalue weighted by molar-refractivity contribution is -0.218. The molecule has 0 spiro atoms. The summed E-state index contributed by atoms with van der Waals surface area (Å²) < 4.78 is 22.3. The van der Waals surface area contributed by atoms with Gasteiger partial charge in [-0.2, -0.15) is 0 Å². The Morgan fingerprint density at radius 2 is 0.879 bits per heavy atom.